The molecule has 0 aliphatic heterocycles. The van der Waals surface area contributed by atoms with E-state index in [1.165, 1.54) is 62.5 Å². The molecule has 2 aliphatic carbocycles. The Labute approximate surface area is 237 Å². The fourth-order valence-electron chi connectivity index (χ4n) is 7.78. The second-order valence-corrected chi connectivity index (χ2v) is 12.2. The summed E-state index contributed by atoms with van der Waals surface area (Å²) in [6.45, 7) is 2.14. The average molecular weight is 526 g/mol. The predicted molar refractivity (Wildman–Crippen MR) is 162 cm³/mol. The summed E-state index contributed by atoms with van der Waals surface area (Å²) in [6.07, 6.45) is 13.1. The number of fused-ring (bicyclic) bond motifs is 3. The van der Waals surface area contributed by atoms with Crippen molar-refractivity contribution in [3.05, 3.63) is 89.6 Å². The Balaban J connectivity index is 1.34. The topological polar surface area (TPSA) is 40.8 Å². The van der Waals surface area contributed by atoms with Crippen molar-refractivity contribution in [2.24, 2.45) is 18.9 Å². The molecule has 5 aromatic rings. The van der Waals surface area contributed by atoms with E-state index in [0.717, 1.165) is 56.2 Å². The van der Waals surface area contributed by atoms with E-state index < -0.39 is 0 Å². The van der Waals surface area contributed by atoms with Crippen LogP contribution in [0.1, 0.15) is 74.0 Å². The molecule has 2 aliphatic rings. The lowest BCUT2D eigenvalue weighted by Crippen LogP contribution is -2.30. The third kappa shape index (κ3) is 4.22. The number of aromatic nitrogens is 1. The zero-order chi connectivity index (χ0) is 27.2. The maximum Gasteiger partial charge on any atom is 0.216 e. The molecule has 40 heavy (non-hydrogen) atoms. The lowest BCUT2D eigenvalue weighted by molar-refractivity contribution is -0.660. The third-order valence-electron chi connectivity index (χ3n) is 9.89. The number of furan rings is 1. The zero-order valence-corrected chi connectivity index (χ0v) is 23.6. The Morgan fingerprint density at radius 3 is 2.40 bits per heavy atom. The van der Waals surface area contributed by atoms with Gasteiger partial charge >= 0.3 is 0 Å². The normalized spacial score (nSPS) is 19.8. The van der Waals surface area contributed by atoms with E-state index in [-0.39, 0.29) is 0 Å². The zero-order valence-electron chi connectivity index (χ0n) is 23.6. The molecule has 3 aromatic carbocycles. The number of benzene rings is 3. The molecule has 0 saturated heterocycles. The van der Waals surface area contributed by atoms with E-state index >= 15 is 0 Å². The van der Waals surface area contributed by atoms with Crippen LogP contribution < -0.4 is 4.57 Å². The summed E-state index contributed by atoms with van der Waals surface area (Å²) in [5.74, 6) is 2.42. The fraction of sp³-hybridized carbons (Fsp3) is 0.351. The quantitative estimate of drug-likeness (QED) is 0.219. The van der Waals surface area contributed by atoms with Crippen LogP contribution in [0.15, 0.2) is 77.3 Å². The van der Waals surface area contributed by atoms with Gasteiger partial charge in [-0.15, -0.1) is 0 Å². The molecule has 0 radical (unpaired) electrons. The van der Waals surface area contributed by atoms with Gasteiger partial charge in [-0.1, -0.05) is 68.5 Å². The highest BCUT2D eigenvalue weighted by Gasteiger charge is 2.32. The van der Waals surface area contributed by atoms with Gasteiger partial charge in [0.1, 0.15) is 18.2 Å². The van der Waals surface area contributed by atoms with Crippen LogP contribution in [0.25, 0.3) is 44.3 Å². The van der Waals surface area contributed by atoms with Crippen LogP contribution in [0.2, 0.25) is 0 Å². The molecule has 2 atom stereocenters. The molecule has 7 rings (SSSR count). The van der Waals surface area contributed by atoms with Crippen molar-refractivity contribution in [2.75, 3.05) is 0 Å². The van der Waals surface area contributed by atoms with Crippen molar-refractivity contribution >= 4 is 21.9 Å². The molecule has 200 valence electrons. The monoisotopic (exact) mass is 525 g/mol. The van der Waals surface area contributed by atoms with Crippen molar-refractivity contribution in [3.8, 4) is 28.5 Å². The van der Waals surface area contributed by atoms with Crippen molar-refractivity contribution in [3.63, 3.8) is 0 Å². The minimum absolute atomic E-state index is 0.611. The second-order valence-electron chi connectivity index (χ2n) is 12.2. The van der Waals surface area contributed by atoms with Crippen molar-refractivity contribution < 1.29 is 8.98 Å². The Hall–Kier alpha value is -3.90. The summed E-state index contributed by atoms with van der Waals surface area (Å²) in [5, 5.41) is 12.3. The minimum atomic E-state index is 0.611. The molecule has 0 spiro atoms. The molecule has 2 unspecified atom stereocenters. The van der Waals surface area contributed by atoms with Crippen LogP contribution in [0.3, 0.4) is 0 Å². The number of pyridine rings is 1. The Morgan fingerprint density at radius 1 is 0.800 bits per heavy atom. The molecule has 3 heteroatoms. The summed E-state index contributed by atoms with van der Waals surface area (Å²) in [5.41, 5.74) is 9.17. The van der Waals surface area contributed by atoms with Crippen LogP contribution in [0, 0.1) is 30.1 Å². The lowest BCUT2D eigenvalue weighted by atomic mass is 9.78. The summed E-state index contributed by atoms with van der Waals surface area (Å²) >= 11 is 0. The Morgan fingerprint density at radius 2 is 1.60 bits per heavy atom. The molecular formula is C37H37N2O+. The van der Waals surface area contributed by atoms with E-state index in [2.05, 4.69) is 85.4 Å². The standard InChI is InChI=1S/C37H37N2O/c1-24-14-18-31-32-19-17-30(23-38)35(37(32)40-36(31)34(24)33-13-6-7-20-39(33)2)29-12-8-11-26(22-29)28-16-15-27(21-28)25-9-4-3-5-10-25/h6-8,11-14,17-20,22,25,27-28H,3-5,9-10,15-16,21H2,1-2H3/q+1. The van der Waals surface area contributed by atoms with E-state index in [4.69, 9.17) is 4.42 Å². The first kappa shape index (κ1) is 25.1. The maximum atomic E-state index is 10.2. The number of hydrogen-bond donors (Lipinski definition) is 0. The van der Waals surface area contributed by atoms with Crippen molar-refractivity contribution in [1.29, 1.82) is 5.26 Å². The first-order chi connectivity index (χ1) is 19.6. The highest BCUT2D eigenvalue weighted by atomic mass is 16.3. The van der Waals surface area contributed by atoms with Gasteiger partial charge in [0, 0.05) is 28.5 Å². The van der Waals surface area contributed by atoms with Gasteiger partial charge in [-0.05, 0) is 78.8 Å². The number of aryl methyl sites for hydroxylation is 2. The highest BCUT2D eigenvalue weighted by molar-refractivity contribution is 6.14. The minimum Gasteiger partial charge on any atom is -0.454 e. The largest absolute Gasteiger partial charge is 0.454 e. The smallest absolute Gasteiger partial charge is 0.216 e. The van der Waals surface area contributed by atoms with E-state index in [1.54, 1.807) is 0 Å². The van der Waals surface area contributed by atoms with E-state index in [1.807, 2.05) is 12.1 Å². The van der Waals surface area contributed by atoms with Gasteiger partial charge in [-0.3, -0.25) is 0 Å². The molecule has 2 heterocycles. The number of nitriles is 1. The first-order valence-electron chi connectivity index (χ1n) is 15.1. The van der Waals surface area contributed by atoms with Crippen molar-refractivity contribution in [2.45, 2.75) is 64.2 Å². The molecule has 0 amide bonds. The van der Waals surface area contributed by atoms with Crippen LogP contribution in [0.5, 0.6) is 0 Å². The van der Waals surface area contributed by atoms with Crippen LogP contribution >= 0.6 is 0 Å². The lowest BCUT2D eigenvalue weighted by Gasteiger charge is -2.27. The van der Waals surface area contributed by atoms with Gasteiger partial charge in [0.05, 0.1) is 17.2 Å². The Bertz CT molecular complexity index is 1770. The fourth-order valence-corrected chi connectivity index (χ4v) is 7.78. The summed E-state index contributed by atoms with van der Waals surface area (Å²) in [7, 11) is 2.07. The predicted octanol–water partition coefficient (Wildman–Crippen LogP) is 9.39. The number of hydrogen-bond acceptors (Lipinski definition) is 2. The molecule has 0 bridgehead atoms. The first-order valence-corrected chi connectivity index (χ1v) is 15.1. The molecular weight excluding hydrogens is 488 g/mol. The van der Waals surface area contributed by atoms with Gasteiger partial charge in [0.25, 0.3) is 0 Å². The highest BCUT2D eigenvalue weighted by Crippen LogP contribution is 2.47. The second kappa shape index (κ2) is 10.3. The average Bonchev–Trinajstić information content (AvgIpc) is 3.63. The molecule has 2 fully saturated rings. The third-order valence-corrected chi connectivity index (χ3v) is 9.89. The van der Waals surface area contributed by atoms with Crippen LogP contribution in [-0.2, 0) is 7.05 Å². The number of nitrogens with zero attached hydrogens (tertiary/aromatic N) is 2. The van der Waals surface area contributed by atoms with Gasteiger partial charge in [-0.2, -0.15) is 5.26 Å². The Kier molecular flexibility index (Phi) is 6.43. The SMILES string of the molecule is Cc1ccc2c(oc3c(-c4cccc(C5CCC(C6CCCCC6)C5)c4)c(C#N)ccc32)c1-c1cccc[n+]1C. The van der Waals surface area contributed by atoms with Crippen LogP contribution in [0.4, 0.5) is 0 Å². The van der Waals surface area contributed by atoms with Gasteiger partial charge in [0.15, 0.2) is 6.20 Å². The molecule has 2 saturated carbocycles. The molecule has 0 N–H and O–H groups in total. The van der Waals surface area contributed by atoms with Crippen molar-refractivity contribution in [1.82, 2.24) is 0 Å². The summed E-state index contributed by atoms with van der Waals surface area (Å²) in [6, 6.07) is 26.1. The van der Waals surface area contributed by atoms with Crippen LogP contribution in [-0.4, -0.2) is 0 Å². The van der Waals surface area contributed by atoms with E-state index in [0.29, 0.717) is 11.5 Å². The van der Waals surface area contributed by atoms with Gasteiger partial charge < -0.3 is 4.42 Å². The maximum absolute atomic E-state index is 10.2. The van der Waals surface area contributed by atoms with Gasteiger partial charge in [-0.25, -0.2) is 4.57 Å². The van der Waals surface area contributed by atoms with E-state index in [9.17, 15) is 5.26 Å². The van der Waals surface area contributed by atoms with Gasteiger partial charge in [0.2, 0.25) is 5.69 Å². The molecule has 3 nitrogen and oxygen atoms in total. The summed E-state index contributed by atoms with van der Waals surface area (Å²) < 4.78 is 8.94. The number of rotatable bonds is 4. The molecule has 2 aromatic heterocycles. The summed E-state index contributed by atoms with van der Waals surface area (Å²) in [4.78, 5) is 0.